The van der Waals surface area contributed by atoms with E-state index in [0.717, 1.165) is 24.7 Å². The summed E-state index contributed by atoms with van der Waals surface area (Å²) in [4.78, 5) is 5.74. The van der Waals surface area contributed by atoms with Crippen LogP contribution >= 0.6 is 0 Å². The van der Waals surface area contributed by atoms with Gasteiger partial charge < -0.3 is 0 Å². The van der Waals surface area contributed by atoms with Crippen LogP contribution in [-0.4, -0.2) is 41.4 Å². The maximum absolute atomic E-state index is 4.04. The van der Waals surface area contributed by atoms with Gasteiger partial charge in [-0.2, -0.15) is 0 Å². The van der Waals surface area contributed by atoms with Crippen LogP contribution in [0.3, 0.4) is 0 Å². The second kappa shape index (κ2) is 8.51. The van der Waals surface area contributed by atoms with Crippen molar-refractivity contribution < 1.29 is 0 Å². The van der Waals surface area contributed by atoms with Crippen LogP contribution < -0.4 is 5.32 Å². The summed E-state index contributed by atoms with van der Waals surface area (Å²) in [6, 6.07) is 1.70. The standard InChI is InChI=1S/C21H39N3/c1-4-10-18(11-5-1)21-22-16-23(19-12-6-2-7-13-19)17-24(21)20-14-8-3-9-15-20/h18-22H,1-17H2. The number of hydrogen-bond donors (Lipinski definition) is 1. The van der Waals surface area contributed by atoms with E-state index in [9.17, 15) is 0 Å². The highest BCUT2D eigenvalue weighted by Crippen LogP contribution is 2.34. The van der Waals surface area contributed by atoms with Crippen molar-refractivity contribution in [3.63, 3.8) is 0 Å². The molecule has 0 spiro atoms. The third-order valence-electron chi connectivity index (χ3n) is 7.44. The van der Waals surface area contributed by atoms with Crippen molar-refractivity contribution in [3.8, 4) is 0 Å². The first kappa shape index (κ1) is 17.3. The van der Waals surface area contributed by atoms with Gasteiger partial charge in [0.2, 0.25) is 0 Å². The minimum atomic E-state index is 0.674. The lowest BCUT2D eigenvalue weighted by atomic mass is 9.84. The average Bonchev–Trinajstić information content (AvgIpc) is 2.69. The van der Waals surface area contributed by atoms with Gasteiger partial charge in [-0.15, -0.1) is 0 Å². The first-order valence-corrected chi connectivity index (χ1v) is 11.1. The lowest BCUT2D eigenvalue weighted by molar-refractivity contribution is -0.0721. The summed E-state index contributed by atoms with van der Waals surface area (Å²) in [6.45, 7) is 2.40. The van der Waals surface area contributed by atoms with Crippen LogP contribution in [-0.2, 0) is 0 Å². The quantitative estimate of drug-likeness (QED) is 0.809. The van der Waals surface area contributed by atoms with E-state index in [1.54, 1.807) is 0 Å². The van der Waals surface area contributed by atoms with Gasteiger partial charge in [-0.1, -0.05) is 57.8 Å². The molecule has 3 aliphatic carbocycles. The molecule has 1 heterocycles. The van der Waals surface area contributed by atoms with E-state index in [0.29, 0.717) is 6.17 Å². The molecule has 1 aliphatic heterocycles. The Labute approximate surface area is 149 Å². The largest absolute Gasteiger partial charge is 0.289 e. The molecule has 1 N–H and O–H groups in total. The maximum Gasteiger partial charge on any atom is 0.0649 e. The maximum atomic E-state index is 4.04. The third kappa shape index (κ3) is 3.99. The summed E-state index contributed by atoms with van der Waals surface area (Å²) in [5.74, 6) is 0.911. The first-order chi connectivity index (χ1) is 11.9. The molecule has 3 heteroatoms. The molecule has 1 saturated heterocycles. The summed E-state index contributed by atoms with van der Waals surface area (Å²) < 4.78 is 0. The Morgan fingerprint density at radius 2 is 1.12 bits per heavy atom. The lowest BCUT2D eigenvalue weighted by Crippen LogP contribution is -2.66. The molecule has 3 nitrogen and oxygen atoms in total. The number of nitrogens with zero attached hydrogens (tertiary/aromatic N) is 2. The Kier molecular flexibility index (Phi) is 6.13. The van der Waals surface area contributed by atoms with Crippen molar-refractivity contribution in [1.29, 1.82) is 0 Å². The zero-order chi connectivity index (χ0) is 16.2. The molecule has 3 saturated carbocycles. The van der Waals surface area contributed by atoms with Crippen molar-refractivity contribution in [2.24, 2.45) is 5.92 Å². The van der Waals surface area contributed by atoms with E-state index in [1.165, 1.54) is 103 Å². The van der Waals surface area contributed by atoms with Crippen molar-refractivity contribution in [2.45, 2.75) is 115 Å². The van der Waals surface area contributed by atoms with Crippen molar-refractivity contribution in [2.75, 3.05) is 13.3 Å². The Morgan fingerprint density at radius 1 is 0.583 bits per heavy atom. The van der Waals surface area contributed by atoms with Crippen LogP contribution in [0.1, 0.15) is 96.3 Å². The minimum absolute atomic E-state index is 0.674. The fourth-order valence-corrected chi connectivity index (χ4v) is 6.01. The van der Waals surface area contributed by atoms with Crippen LogP contribution in [0, 0.1) is 5.92 Å². The van der Waals surface area contributed by atoms with Crippen LogP contribution in [0.25, 0.3) is 0 Å². The number of nitrogens with one attached hydrogen (secondary N) is 1. The molecule has 0 aromatic rings. The third-order valence-corrected chi connectivity index (χ3v) is 7.44. The molecule has 0 aromatic carbocycles. The molecule has 4 rings (SSSR count). The molecule has 0 bridgehead atoms. The molecule has 4 fully saturated rings. The van der Waals surface area contributed by atoms with E-state index in [1.807, 2.05) is 0 Å². The monoisotopic (exact) mass is 333 g/mol. The van der Waals surface area contributed by atoms with Gasteiger partial charge in [0.05, 0.1) is 19.5 Å². The van der Waals surface area contributed by atoms with Crippen LogP contribution in [0.4, 0.5) is 0 Å². The van der Waals surface area contributed by atoms with Gasteiger partial charge in [-0.25, -0.2) is 0 Å². The van der Waals surface area contributed by atoms with Crippen molar-refractivity contribution >= 4 is 0 Å². The summed E-state index contributed by atoms with van der Waals surface area (Å²) in [6.07, 6.45) is 22.5. The predicted molar refractivity (Wildman–Crippen MR) is 101 cm³/mol. The van der Waals surface area contributed by atoms with Gasteiger partial charge in [0.15, 0.2) is 0 Å². The molecular weight excluding hydrogens is 294 g/mol. The number of rotatable bonds is 3. The molecule has 0 amide bonds. The topological polar surface area (TPSA) is 18.5 Å². The molecular formula is C21H39N3. The SMILES string of the molecule is C1CCC(C2NCN(C3CCCCC3)CN2C2CCCCC2)CC1. The smallest absolute Gasteiger partial charge is 0.0649 e. The predicted octanol–water partition coefficient (Wildman–Crippen LogP) is 4.68. The highest BCUT2D eigenvalue weighted by Gasteiger charge is 2.38. The molecule has 4 aliphatic rings. The number of hydrogen-bond acceptors (Lipinski definition) is 3. The van der Waals surface area contributed by atoms with Crippen LogP contribution in [0.5, 0.6) is 0 Å². The highest BCUT2D eigenvalue weighted by molar-refractivity contribution is 4.90. The van der Waals surface area contributed by atoms with E-state index in [-0.39, 0.29) is 0 Å². The summed E-state index contributed by atoms with van der Waals surface area (Å²) in [7, 11) is 0. The zero-order valence-electron chi connectivity index (χ0n) is 15.7. The zero-order valence-corrected chi connectivity index (χ0v) is 15.7. The Hall–Kier alpha value is -0.120. The summed E-state index contributed by atoms with van der Waals surface area (Å²) in [5, 5.41) is 4.04. The molecule has 0 radical (unpaired) electrons. The van der Waals surface area contributed by atoms with Crippen LogP contribution in [0.2, 0.25) is 0 Å². The van der Waals surface area contributed by atoms with Gasteiger partial charge >= 0.3 is 0 Å². The fraction of sp³-hybridized carbons (Fsp3) is 1.00. The Bertz CT molecular complexity index is 367. The lowest BCUT2D eigenvalue weighted by Gasteiger charge is -2.52. The second-order valence-electron chi connectivity index (χ2n) is 9.03. The molecule has 24 heavy (non-hydrogen) atoms. The first-order valence-electron chi connectivity index (χ1n) is 11.1. The molecule has 0 aromatic heterocycles. The minimum Gasteiger partial charge on any atom is -0.289 e. The van der Waals surface area contributed by atoms with Gasteiger partial charge in [-0.3, -0.25) is 15.1 Å². The average molecular weight is 334 g/mol. The fourth-order valence-electron chi connectivity index (χ4n) is 6.01. The van der Waals surface area contributed by atoms with E-state index in [4.69, 9.17) is 0 Å². The molecule has 1 unspecified atom stereocenters. The molecule has 1 atom stereocenters. The second-order valence-corrected chi connectivity index (χ2v) is 9.03. The Balaban J connectivity index is 1.44. The summed E-state index contributed by atoms with van der Waals surface area (Å²) >= 11 is 0. The normalized spacial score (nSPS) is 33.8. The van der Waals surface area contributed by atoms with Crippen molar-refractivity contribution in [1.82, 2.24) is 15.1 Å². The Morgan fingerprint density at radius 3 is 1.75 bits per heavy atom. The van der Waals surface area contributed by atoms with Gasteiger partial charge in [-0.05, 0) is 44.4 Å². The highest BCUT2D eigenvalue weighted by atomic mass is 15.5. The van der Waals surface area contributed by atoms with Crippen LogP contribution in [0.15, 0.2) is 0 Å². The summed E-state index contributed by atoms with van der Waals surface area (Å²) in [5.41, 5.74) is 0. The van der Waals surface area contributed by atoms with Gasteiger partial charge in [0, 0.05) is 12.1 Å². The van der Waals surface area contributed by atoms with Gasteiger partial charge in [0.1, 0.15) is 0 Å². The van der Waals surface area contributed by atoms with E-state index < -0.39 is 0 Å². The van der Waals surface area contributed by atoms with Crippen molar-refractivity contribution in [3.05, 3.63) is 0 Å². The van der Waals surface area contributed by atoms with Gasteiger partial charge in [0.25, 0.3) is 0 Å². The van der Waals surface area contributed by atoms with E-state index in [2.05, 4.69) is 15.1 Å². The van der Waals surface area contributed by atoms with E-state index >= 15 is 0 Å². The molecule has 138 valence electrons.